The van der Waals surface area contributed by atoms with Gasteiger partial charge in [-0.3, -0.25) is 4.79 Å². The molecule has 0 saturated heterocycles. The molecular formula is C18H23ClN2O. The van der Waals surface area contributed by atoms with Crippen molar-refractivity contribution in [1.82, 2.24) is 5.32 Å². The van der Waals surface area contributed by atoms with E-state index in [2.05, 4.69) is 18.3 Å². The number of unbranched alkanes of at least 4 members (excludes halogenated alkanes) is 1. The fourth-order valence-electron chi connectivity index (χ4n) is 2.67. The summed E-state index contributed by atoms with van der Waals surface area (Å²) in [6, 6.07) is 3.77. The maximum absolute atomic E-state index is 11.8. The van der Waals surface area contributed by atoms with Crippen LogP contribution in [0, 0.1) is 6.92 Å². The highest BCUT2D eigenvalue weighted by atomic mass is 35.5. The number of nitrogens with one attached hydrogen (secondary N) is 1. The quantitative estimate of drug-likeness (QED) is 0.797. The number of nitrogen functional groups attached to an aromatic ring is 1. The van der Waals surface area contributed by atoms with Crippen LogP contribution in [-0.4, -0.2) is 11.9 Å². The number of aryl methyl sites for hydroxylation is 1. The summed E-state index contributed by atoms with van der Waals surface area (Å²) in [6.07, 6.45) is 9.53. The van der Waals surface area contributed by atoms with Crippen molar-refractivity contribution in [3.05, 3.63) is 46.5 Å². The molecule has 0 aliphatic heterocycles. The van der Waals surface area contributed by atoms with Gasteiger partial charge in [0.15, 0.2) is 0 Å². The lowest BCUT2D eigenvalue weighted by Gasteiger charge is -2.19. The SMILES string of the molecule is CCCCC(=O)NC1C=CC(c2c(C)cc(N)cc2Cl)=CC1. The Bertz CT molecular complexity index is 597. The lowest BCUT2D eigenvalue weighted by atomic mass is 9.93. The molecule has 1 aromatic rings. The second-order valence-electron chi connectivity index (χ2n) is 5.73. The van der Waals surface area contributed by atoms with E-state index in [-0.39, 0.29) is 11.9 Å². The van der Waals surface area contributed by atoms with Crippen molar-refractivity contribution < 1.29 is 4.79 Å². The van der Waals surface area contributed by atoms with Crippen molar-refractivity contribution in [3.8, 4) is 0 Å². The van der Waals surface area contributed by atoms with Gasteiger partial charge >= 0.3 is 0 Å². The molecule has 0 aromatic heterocycles. The Morgan fingerprint density at radius 1 is 1.45 bits per heavy atom. The molecule has 0 bridgehead atoms. The van der Waals surface area contributed by atoms with Gasteiger partial charge in [0.2, 0.25) is 5.91 Å². The van der Waals surface area contributed by atoms with E-state index < -0.39 is 0 Å². The van der Waals surface area contributed by atoms with Crippen LogP contribution < -0.4 is 11.1 Å². The Labute approximate surface area is 137 Å². The minimum atomic E-state index is 0.0703. The van der Waals surface area contributed by atoms with Gasteiger partial charge in [0.05, 0.1) is 11.1 Å². The van der Waals surface area contributed by atoms with E-state index in [9.17, 15) is 4.79 Å². The molecule has 1 aliphatic rings. The van der Waals surface area contributed by atoms with E-state index >= 15 is 0 Å². The van der Waals surface area contributed by atoms with E-state index in [1.807, 2.05) is 25.1 Å². The molecule has 1 atom stereocenters. The fraction of sp³-hybridized carbons (Fsp3) is 0.389. The third-order valence-corrected chi connectivity index (χ3v) is 4.10. The van der Waals surface area contributed by atoms with Crippen molar-refractivity contribution in [3.63, 3.8) is 0 Å². The first-order chi connectivity index (χ1) is 10.5. The molecule has 1 aliphatic carbocycles. The number of nitrogens with two attached hydrogens (primary N) is 1. The summed E-state index contributed by atoms with van der Waals surface area (Å²) in [5.41, 5.74) is 9.64. The highest BCUT2D eigenvalue weighted by Gasteiger charge is 2.15. The highest BCUT2D eigenvalue weighted by Crippen LogP contribution is 2.32. The van der Waals surface area contributed by atoms with Crippen LogP contribution in [0.25, 0.3) is 5.57 Å². The predicted octanol–water partition coefficient (Wildman–Crippen LogP) is 4.25. The molecule has 0 spiro atoms. The van der Waals surface area contributed by atoms with Crippen LogP contribution in [-0.2, 0) is 4.79 Å². The Balaban J connectivity index is 2.04. The lowest BCUT2D eigenvalue weighted by molar-refractivity contribution is -0.121. The molecule has 1 unspecified atom stereocenters. The maximum atomic E-state index is 11.8. The number of hydrogen-bond donors (Lipinski definition) is 2. The van der Waals surface area contributed by atoms with Crippen LogP contribution in [0.3, 0.4) is 0 Å². The summed E-state index contributed by atoms with van der Waals surface area (Å²) in [6.45, 7) is 4.09. The maximum Gasteiger partial charge on any atom is 0.220 e. The van der Waals surface area contributed by atoms with Crippen LogP contribution in [0.5, 0.6) is 0 Å². The van der Waals surface area contributed by atoms with Gasteiger partial charge in [-0.25, -0.2) is 0 Å². The number of amides is 1. The van der Waals surface area contributed by atoms with Gasteiger partial charge in [0.1, 0.15) is 0 Å². The molecule has 0 heterocycles. The number of hydrogen-bond acceptors (Lipinski definition) is 2. The number of benzene rings is 1. The van der Waals surface area contributed by atoms with Crippen molar-refractivity contribution in [2.24, 2.45) is 0 Å². The van der Waals surface area contributed by atoms with Crippen LogP contribution in [0.1, 0.15) is 43.7 Å². The van der Waals surface area contributed by atoms with Crippen molar-refractivity contribution >= 4 is 28.8 Å². The minimum absolute atomic E-state index is 0.0703. The molecule has 1 aromatic carbocycles. The summed E-state index contributed by atoms with van der Waals surface area (Å²) < 4.78 is 0. The Hall–Kier alpha value is -1.74. The van der Waals surface area contributed by atoms with E-state index in [1.165, 1.54) is 0 Å². The Kier molecular flexibility index (Phi) is 5.67. The predicted molar refractivity (Wildman–Crippen MR) is 93.8 cm³/mol. The Morgan fingerprint density at radius 3 is 2.82 bits per heavy atom. The molecule has 0 saturated carbocycles. The first-order valence-electron chi connectivity index (χ1n) is 7.75. The van der Waals surface area contributed by atoms with E-state index in [0.717, 1.165) is 36.0 Å². The fourth-order valence-corrected chi connectivity index (χ4v) is 3.05. The normalized spacial score (nSPS) is 17.2. The number of halogens is 1. The van der Waals surface area contributed by atoms with E-state index in [0.29, 0.717) is 17.1 Å². The zero-order valence-corrected chi connectivity index (χ0v) is 13.9. The van der Waals surface area contributed by atoms with Crippen LogP contribution in [0.2, 0.25) is 5.02 Å². The average Bonchev–Trinajstić information content (AvgIpc) is 2.46. The Morgan fingerprint density at radius 2 is 2.23 bits per heavy atom. The molecular weight excluding hydrogens is 296 g/mol. The van der Waals surface area contributed by atoms with Crippen LogP contribution in [0.4, 0.5) is 5.69 Å². The summed E-state index contributed by atoms with van der Waals surface area (Å²) in [4.78, 5) is 11.8. The third-order valence-electron chi connectivity index (χ3n) is 3.80. The lowest BCUT2D eigenvalue weighted by Crippen LogP contribution is -2.33. The zero-order valence-electron chi connectivity index (χ0n) is 13.2. The smallest absolute Gasteiger partial charge is 0.220 e. The molecule has 0 radical (unpaired) electrons. The molecule has 118 valence electrons. The summed E-state index contributed by atoms with van der Waals surface area (Å²) in [5.74, 6) is 0.120. The number of anilines is 1. The van der Waals surface area contributed by atoms with Crippen LogP contribution >= 0.6 is 11.6 Å². The topological polar surface area (TPSA) is 55.1 Å². The second kappa shape index (κ2) is 7.50. The first-order valence-corrected chi connectivity index (χ1v) is 8.12. The second-order valence-corrected chi connectivity index (χ2v) is 6.13. The number of allylic oxidation sites excluding steroid dienone is 2. The van der Waals surface area contributed by atoms with Crippen molar-refractivity contribution in [1.29, 1.82) is 0 Å². The van der Waals surface area contributed by atoms with Crippen molar-refractivity contribution in [2.45, 2.75) is 45.6 Å². The summed E-state index contributed by atoms with van der Waals surface area (Å²) >= 11 is 6.32. The van der Waals surface area contributed by atoms with Gasteiger partial charge in [0, 0.05) is 17.7 Å². The molecule has 3 nitrogen and oxygen atoms in total. The number of carbonyl (C=O) groups excluding carboxylic acids is 1. The summed E-state index contributed by atoms with van der Waals surface area (Å²) in [5, 5.41) is 3.71. The number of carbonyl (C=O) groups is 1. The molecule has 1 amide bonds. The summed E-state index contributed by atoms with van der Waals surface area (Å²) in [7, 11) is 0. The first kappa shape index (κ1) is 16.6. The van der Waals surface area contributed by atoms with Gasteiger partial charge in [-0.2, -0.15) is 0 Å². The highest BCUT2D eigenvalue weighted by molar-refractivity contribution is 6.33. The monoisotopic (exact) mass is 318 g/mol. The van der Waals surface area contributed by atoms with E-state index in [4.69, 9.17) is 17.3 Å². The standard InChI is InChI=1S/C18H23ClN2O/c1-3-4-5-17(22)21-15-8-6-13(7-9-15)18-12(2)10-14(20)11-16(18)19/h6-8,10-11,15H,3-5,9,20H2,1-2H3,(H,21,22). The molecule has 0 fully saturated rings. The molecule has 3 N–H and O–H groups in total. The molecule has 2 rings (SSSR count). The van der Waals surface area contributed by atoms with Gasteiger partial charge in [-0.15, -0.1) is 0 Å². The largest absolute Gasteiger partial charge is 0.399 e. The zero-order chi connectivity index (χ0) is 16.1. The van der Waals surface area contributed by atoms with Gasteiger partial charge < -0.3 is 11.1 Å². The van der Waals surface area contributed by atoms with Gasteiger partial charge in [-0.1, -0.05) is 43.2 Å². The van der Waals surface area contributed by atoms with Gasteiger partial charge in [-0.05, 0) is 43.0 Å². The van der Waals surface area contributed by atoms with E-state index in [1.54, 1.807) is 6.07 Å². The molecule has 4 heteroatoms. The minimum Gasteiger partial charge on any atom is -0.399 e. The van der Waals surface area contributed by atoms with Crippen molar-refractivity contribution in [2.75, 3.05) is 5.73 Å². The average molecular weight is 319 g/mol. The van der Waals surface area contributed by atoms with Crippen LogP contribution in [0.15, 0.2) is 30.4 Å². The third kappa shape index (κ3) is 4.14. The number of rotatable bonds is 5. The molecule has 22 heavy (non-hydrogen) atoms. The van der Waals surface area contributed by atoms with Gasteiger partial charge in [0.25, 0.3) is 0 Å².